The zero-order chi connectivity index (χ0) is 10.7. The highest BCUT2D eigenvalue weighted by molar-refractivity contribution is 7.10. The van der Waals surface area contributed by atoms with Crippen LogP contribution in [0.5, 0.6) is 0 Å². The summed E-state index contributed by atoms with van der Waals surface area (Å²) in [7, 11) is 1.82. The molecular weight excluding hydrogens is 210 g/mol. The Balaban J connectivity index is 2.02. The van der Waals surface area contributed by atoms with Gasteiger partial charge in [0.1, 0.15) is 0 Å². The van der Waals surface area contributed by atoms with Gasteiger partial charge >= 0.3 is 0 Å². The van der Waals surface area contributed by atoms with Crippen LogP contribution in [0.15, 0.2) is 11.4 Å². The number of nitrogens with one attached hydrogen (secondary N) is 1. The third kappa shape index (κ3) is 2.15. The molecule has 0 saturated carbocycles. The van der Waals surface area contributed by atoms with Crippen LogP contribution in [0, 0.1) is 0 Å². The minimum Gasteiger partial charge on any atom is -0.348 e. The molecule has 0 radical (unpaired) electrons. The van der Waals surface area contributed by atoms with Crippen molar-refractivity contribution in [1.29, 1.82) is 0 Å². The maximum Gasteiger partial charge on any atom is 0.242 e. The minimum atomic E-state index is 0.699. The Morgan fingerprint density at radius 3 is 3.07 bits per heavy atom. The Labute approximate surface area is 92.1 Å². The van der Waals surface area contributed by atoms with E-state index in [4.69, 9.17) is 0 Å². The summed E-state index contributed by atoms with van der Waals surface area (Å²) in [4.78, 5) is 1.35. The zero-order valence-electron chi connectivity index (χ0n) is 8.77. The van der Waals surface area contributed by atoms with E-state index in [0.717, 1.165) is 13.0 Å². The number of aromatic nitrogens is 4. The summed E-state index contributed by atoms with van der Waals surface area (Å²) in [6.07, 6.45) is 1.07. The molecule has 2 aromatic rings. The average molecular weight is 223 g/mol. The summed E-state index contributed by atoms with van der Waals surface area (Å²) in [6.45, 7) is 2.95. The maximum atomic E-state index is 3.87. The first kappa shape index (κ1) is 10.1. The molecule has 0 spiro atoms. The van der Waals surface area contributed by atoms with E-state index in [9.17, 15) is 0 Å². The first-order valence-corrected chi connectivity index (χ1v) is 5.70. The number of hydrogen-bond acceptors (Lipinski definition) is 5. The van der Waals surface area contributed by atoms with Gasteiger partial charge in [0.05, 0.1) is 6.54 Å². The standard InChI is InChI=1S/C9H13N5S/c1-3-7-4-5-15-8(7)6-10-9-11-12-13-14(9)2/h4-5H,3,6H2,1-2H3,(H,10,11,13). The zero-order valence-corrected chi connectivity index (χ0v) is 9.58. The molecule has 0 atom stereocenters. The van der Waals surface area contributed by atoms with E-state index < -0.39 is 0 Å². The van der Waals surface area contributed by atoms with Crippen LogP contribution < -0.4 is 5.32 Å². The fourth-order valence-electron chi connectivity index (χ4n) is 1.38. The fraction of sp³-hybridized carbons (Fsp3) is 0.444. The second-order valence-corrected chi connectivity index (χ2v) is 4.20. The van der Waals surface area contributed by atoms with E-state index >= 15 is 0 Å². The van der Waals surface area contributed by atoms with Crippen molar-refractivity contribution in [3.63, 3.8) is 0 Å². The molecule has 2 heterocycles. The fourth-order valence-corrected chi connectivity index (χ4v) is 2.29. The van der Waals surface area contributed by atoms with E-state index in [0.29, 0.717) is 5.95 Å². The molecule has 6 heteroatoms. The first-order valence-electron chi connectivity index (χ1n) is 4.82. The van der Waals surface area contributed by atoms with Crippen LogP contribution in [0.3, 0.4) is 0 Å². The molecule has 15 heavy (non-hydrogen) atoms. The summed E-state index contributed by atoms with van der Waals surface area (Å²) < 4.78 is 1.62. The summed E-state index contributed by atoms with van der Waals surface area (Å²) in [5, 5.41) is 16.5. The topological polar surface area (TPSA) is 55.6 Å². The average Bonchev–Trinajstić information content (AvgIpc) is 2.83. The normalized spacial score (nSPS) is 10.5. The van der Waals surface area contributed by atoms with E-state index in [1.54, 1.807) is 16.0 Å². The van der Waals surface area contributed by atoms with Crippen LogP contribution in [0.4, 0.5) is 5.95 Å². The SMILES string of the molecule is CCc1ccsc1CNc1nnnn1C. The van der Waals surface area contributed by atoms with E-state index in [-0.39, 0.29) is 0 Å². The maximum absolute atomic E-state index is 3.87. The van der Waals surface area contributed by atoms with Crippen molar-refractivity contribution in [1.82, 2.24) is 20.2 Å². The molecule has 2 aromatic heterocycles. The summed E-state index contributed by atoms with van der Waals surface area (Å²) >= 11 is 1.76. The molecule has 0 unspecified atom stereocenters. The minimum absolute atomic E-state index is 0.699. The third-order valence-electron chi connectivity index (χ3n) is 2.25. The number of rotatable bonds is 4. The van der Waals surface area contributed by atoms with Crippen LogP contribution in [-0.2, 0) is 20.0 Å². The number of nitrogens with zero attached hydrogens (tertiary/aromatic N) is 4. The van der Waals surface area contributed by atoms with Gasteiger partial charge in [0, 0.05) is 11.9 Å². The number of tetrazole rings is 1. The molecule has 0 aromatic carbocycles. The van der Waals surface area contributed by atoms with Gasteiger partial charge in [0.15, 0.2) is 0 Å². The van der Waals surface area contributed by atoms with Crippen molar-refractivity contribution in [2.75, 3.05) is 5.32 Å². The lowest BCUT2D eigenvalue weighted by atomic mass is 10.2. The monoisotopic (exact) mass is 223 g/mol. The summed E-state index contributed by atoms with van der Waals surface area (Å²) in [5.41, 5.74) is 1.39. The Bertz CT molecular complexity index is 433. The Morgan fingerprint density at radius 2 is 2.40 bits per heavy atom. The van der Waals surface area contributed by atoms with E-state index in [1.807, 2.05) is 7.05 Å². The summed E-state index contributed by atoms with van der Waals surface area (Å²) in [5.74, 6) is 0.699. The summed E-state index contributed by atoms with van der Waals surface area (Å²) in [6, 6.07) is 2.16. The van der Waals surface area contributed by atoms with E-state index in [2.05, 4.69) is 39.2 Å². The van der Waals surface area contributed by atoms with Gasteiger partial charge in [0.25, 0.3) is 0 Å². The lowest BCUT2D eigenvalue weighted by Crippen LogP contribution is -2.05. The van der Waals surface area contributed by atoms with Gasteiger partial charge in [-0.05, 0) is 33.9 Å². The third-order valence-corrected chi connectivity index (χ3v) is 3.21. The molecule has 1 N–H and O–H groups in total. The molecule has 80 valence electrons. The quantitative estimate of drug-likeness (QED) is 0.852. The largest absolute Gasteiger partial charge is 0.348 e. The highest BCUT2D eigenvalue weighted by Crippen LogP contribution is 2.18. The van der Waals surface area contributed by atoms with Gasteiger partial charge in [-0.1, -0.05) is 12.0 Å². The molecule has 0 aliphatic rings. The molecule has 2 rings (SSSR count). The molecular formula is C9H13N5S. The lowest BCUT2D eigenvalue weighted by molar-refractivity contribution is 0.712. The van der Waals surface area contributed by atoms with Gasteiger partial charge in [-0.15, -0.1) is 11.3 Å². The van der Waals surface area contributed by atoms with Crippen molar-refractivity contribution in [3.05, 3.63) is 21.9 Å². The first-order chi connectivity index (χ1) is 7.31. The van der Waals surface area contributed by atoms with Gasteiger partial charge in [-0.2, -0.15) is 0 Å². The highest BCUT2D eigenvalue weighted by Gasteiger charge is 2.04. The number of thiophene rings is 1. The molecule has 0 aliphatic carbocycles. The predicted octanol–water partition coefficient (Wildman–Crippen LogP) is 1.45. The Morgan fingerprint density at radius 1 is 1.53 bits per heavy atom. The molecule has 0 bridgehead atoms. The number of aryl methyl sites for hydroxylation is 2. The molecule has 0 aliphatic heterocycles. The van der Waals surface area contributed by atoms with Gasteiger partial charge in [-0.25, -0.2) is 4.68 Å². The highest BCUT2D eigenvalue weighted by atomic mass is 32.1. The van der Waals surface area contributed by atoms with Crippen molar-refractivity contribution >= 4 is 17.3 Å². The lowest BCUT2D eigenvalue weighted by Gasteiger charge is -2.03. The molecule has 5 nitrogen and oxygen atoms in total. The van der Waals surface area contributed by atoms with Gasteiger partial charge in [-0.3, -0.25) is 0 Å². The second-order valence-electron chi connectivity index (χ2n) is 3.20. The van der Waals surface area contributed by atoms with E-state index in [1.165, 1.54) is 10.4 Å². The van der Waals surface area contributed by atoms with Crippen LogP contribution >= 0.6 is 11.3 Å². The Hall–Kier alpha value is -1.43. The second kappa shape index (κ2) is 4.39. The van der Waals surface area contributed by atoms with Crippen LogP contribution in [0.25, 0.3) is 0 Å². The smallest absolute Gasteiger partial charge is 0.242 e. The number of hydrogen-bond donors (Lipinski definition) is 1. The van der Waals surface area contributed by atoms with Crippen molar-refractivity contribution in [3.8, 4) is 0 Å². The van der Waals surface area contributed by atoms with Crippen LogP contribution in [-0.4, -0.2) is 20.2 Å². The van der Waals surface area contributed by atoms with Crippen LogP contribution in [0.1, 0.15) is 17.4 Å². The van der Waals surface area contributed by atoms with Crippen LogP contribution in [0.2, 0.25) is 0 Å². The van der Waals surface area contributed by atoms with Gasteiger partial charge < -0.3 is 5.32 Å². The Kier molecular flexibility index (Phi) is 2.96. The molecule has 0 saturated heterocycles. The molecule has 0 fully saturated rings. The predicted molar refractivity (Wildman–Crippen MR) is 59.8 cm³/mol. The van der Waals surface area contributed by atoms with Gasteiger partial charge in [0.2, 0.25) is 5.95 Å². The number of anilines is 1. The molecule has 0 amide bonds. The van der Waals surface area contributed by atoms with Crippen molar-refractivity contribution in [2.24, 2.45) is 7.05 Å². The van der Waals surface area contributed by atoms with Crippen molar-refractivity contribution < 1.29 is 0 Å². The van der Waals surface area contributed by atoms with Crippen molar-refractivity contribution in [2.45, 2.75) is 19.9 Å².